The number of likely N-dealkylation sites (tertiary alicyclic amines) is 1. The summed E-state index contributed by atoms with van der Waals surface area (Å²) >= 11 is 0. The molecule has 1 atom stereocenters. The molecule has 176 valence electrons. The van der Waals surface area contributed by atoms with E-state index in [4.69, 9.17) is 14.2 Å². The van der Waals surface area contributed by atoms with E-state index in [1.807, 2.05) is 11.0 Å². The SMILES string of the molecule is O=C(N1CCC2(CC1)CC(Oc1ccccc1F)CO2)C1(c2cccc(F)c2)CCOCC1. The molecule has 0 saturated carbocycles. The second kappa shape index (κ2) is 9.03. The van der Waals surface area contributed by atoms with Gasteiger partial charge in [-0.3, -0.25) is 4.79 Å². The number of amides is 1. The molecular formula is C26H29F2NO4. The summed E-state index contributed by atoms with van der Waals surface area (Å²) in [6, 6.07) is 12.8. The average Bonchev–Trinajstić information content (AvgIpc) is 3.23. The fourth-order valence-electron chi connectivity index (χ4n) is 5.50. The van der Waals surface area contributed by atoms with Gasteiger partial charge in [-0.25, -0.2) is 8.78 Å². The molecular weight excluding hydrogens is 428 g/mol. The highest BCUT2D eigenvalue weighted by molar-refractivity contribution is 5.88. The van der Waals surface area contributed by atoms with Crippen molar-refractivity contribution in [3.05, 3.63) is 65.7 Å². The average molecular weight is 458 g/mol. The van der Waals surface area contributed by atoms with Crippen LogP contribution in [0.5, 0.6) is 5.75 Å². The Kier molecular flexibility index (Phi) is 6.10. The Morgan fingerprint density at radius 1 is 1.00 bits per heavy atom. The van der Waals surface area contributed by atoms with Crippen LogP contribution in [-0.4, -0.2) is 55.4 Å². The van der Waals surface area contributed by atoms with Crippen LogP contribution < -0.4 is 4.74 Å². The van der Waals surface area contributed by atoms with Crippen LogP contribution in [0.3, 0.4) is 0 Å². The number of para-hydroxylation sites is 1. The molecule has 3 aliphatic heterocycles. The first-order valence-electron chi connectivity index (χ1n) is 11.7. The van der Waals surface area contributed by atoms with E-state index >= 15 is 0 Å². The lowest BCUT2D eigenvalue weighted by atomic mass is 9.72. The normalized spacial score (nSPS) is 24.1. The summed E-state index contributed by atoms with van der Waals surface area (Å²) in [6.45, 7) is 2.52. The molecule has 1 unspecified atom stereocenters. The predicted octanol–water partition coefficient (Wildman–Crippen LogP) is 4.24. The first kappa shape index (κ1) is 22.3. The van der Waals surface area contributed by atoms with Gasteiger partial charge >= 0.3 is 0 Å². The fourth-order valence-corrected chi connectivity index (χ4v) is 5.50. The van der Waals surface area contributed by atoms with Crippen LogP contribution in [0.2, 0.25) is 0 Å². The number of carbonyl (C=O) groups excluding carboxylic acids is 1. The standard InChI is InChI=1S/C26H29F2NO4/c27-20-5-3-4-19(16-20)26(10-14-31-15-11-26)24(30)29-12-8-25(9-13-29)17-21(18-32-25)33-23-7-2-1-6-22(23)28/h1-7,16,21H,8-15,17-18H2. The number of rotatable bonds is 4. The van der Waals surface area contributed by atoms with Crippen LogP contribution in [0.25, 0.3) is 0 Å². The molecule has 2 aromatic carbocycles. The van der Waals surface area contributed by atoms with Crippen LogP contribution in [0.15, 0.2) is 48.5 Å². The molecule has 3 heterocycles. The van der Waals surface area contributed by atoms with Gasteiger partial charge in [0, 0.05) is 32.7 Å². The van der Waals surface area contributed by atoms with Crippen molar-refractivity contribution in [1.82, 2.24) is 4.90 Å². The lowest BCUT2D eigenvalue weighted by Gasteiger charge is -2.44. The number of ether oxygens (including phenoxy) is 3. The van der Waals surface area contributed by atoms with Crippen LogP contribution >= 0.6 is 0 Å². The summed E-state index contributed by atoms with van der Waals surface area (Å²) in [7, 11) is 0. The van der Waals surface area contributed by atoms with E-state index < -0.39 is 5.41 Å². The molecule has 0 bridgehead atoms. The van der Waals surface area contributed by atoms with Crippen molar-refractivity contribution >= 4 is 5.91 Å². The van der Waals surface area contributed by atoms with Crippen molar-refractivity contribution in [2.24, 2.45) is 0 Å². The van der Waals surface area contributed by atoms with E-state index in [1.165, 1.54) is 18.2 Å². The molecule has 3 saturated heterocycles. The summed E-state index contributed by atoms with van der Waals surface area (Å²) in [5, 5.41) is 0. The third kappa shape index (κ3) is 4.36. The molecule has 0 aromatic heterocycles. The zero-order chi connectivity index (χ0) is 22.9. The van der Waals surface area contributed by atoms with Crippen molar-refractivity contribution in [2.45, 2.75) is 49.2 Å². The first-order valence-corrected chi connectivity index (χ1v) is 11.7. The third-order valence-electron chi connectivity index (χ3n) is 7.40. The molecule has 1 amide bonds. The summed E-state index contributed by atoms with van der Waals surface area (Å²) in [5.74, 6) is -0.419. The fraction of sp³-hybridized carbons (Fsp3) is 0.500. The number of benzene rings is 2. The van der Waals surface area contributed by atoms with Gasteiger partial charge in [0.2, 0.25) is 5.91 Å². The van der Waals surface area contributed by atoms with E-state index in [2.05, 4.69) is 0 Å². The minimum Gasteiger partial charge on any atom is -0.485 e. The van der Waals surface area contributed by atoms with Gasteiger partial charge < -0.3 is 19.1 Å². The van der Waals surface area contributed by atoms with E-state index in [0.29, 0.717) is 65.0 Å². The van der Waals surface area contributed by atoms with Crippen LogP contribution in [-0.2, 0) is 19.7 Å². The van der Waals surface area contributed by atoms with Crippen LogP contribution in [0.4, 0.5) is 8.78 Å². The van der Waals surface area contributed by atoms with Crippen molar-refractivity contribution in [3.63, 3.8) is 0 Å². The van der Waals surface area contributed by atoms with Gasteiger partial charge in [0.25, 0.3) is 0 Å². The molecule has 33 heavy (non-hydrogen) atoms. The van der Waals surface area contributed by atoms with Gasteiger partial charge in [-0.05, 0) is 55.5 Å². The molecule has 3 fully saturated rings. The number of hydrogen-bond donors (Lipinski definition) is 0. The minimum absolute atomic E-state index is 0.0448. The quantitative estimate of drug-likeness (QED) is 0.689. The third-order valence-corrected chi connectivity index (χ3v) is 7.40. The zero-order valence-electron chi connectivity index (χ0n) is 18.6. The van der Waals surface area contributed by atoms with Crippen LogP contribution in [0, 0.1) is 11.6 Å². The number of carbonyl (C=O) groups is 1. The van der Waals surface area contributed by atoms with Crippen molar-refractivity contribution < 1.29 is 27.8 Å². The Labute approximate surface area is 192 Å². The minimum atomic E-state index is -0.752. The van der Waals surface area contributed by atoms with Crippen molar-refractivity contribution in [1.29, 1.82) is 0 Å². The second-order valence-electron chi connectivity index (χ2n) is 9.37. The molecule has 0 N–H and O–H groups in total. The highest BCUT2D eigenvalue weighted by Gasteiger charge is 2.49. The molecule has 7 heteroatoms. The van der Waals surface area contributed by atoms with Crippen molar-refractivity contribution in [3.8, 4) is 5.75 Å². The van der Waals surface area contributed by atoms with Gasteiger partial charge in [0.15, 0.2) is 11.6 Å². The van der Waals surface area contributed by atoms with Gasteiger partial charge in [0.05, 0.1) is 17.6 Å². The van der Waals surface area contributed by atoms with Crippen LogP contribution in [0.1, 0.15) is 37.7 Å². The molecule has 2 aromatic rings. The summed E-state index contributed by atoms with van der Waals surface area (Å²) in [6.07, 6.45) is 2.96. The number of nitrogens with zero attached hydrogens (tertiary/aromatic N) is 1. The maximum Gasteiger partial charge on any atom is 0.233 e. The van der Waals surface area contributed by atoms with Gasteiger partial charge in [-0.1, -0.05) is 24.3 Å². The first-order chi connectivity index (χ1) is 16.0. The molecule has 1 spiro atoms. The lowest BCUT2D eigenvalue weighted by Crippen LogP contribution is -2.54. The number of hydrogen-bond acceptors (Lipinski definition) is 4. The van der Waals surface area contributed by atoms with Gasteiger partial charge in [-0.2, -0.15) is 0 Å². The monoisotopic (exact) mass is 457 g/mol. The van der Waals surface area contributed by atoms with Gasteiger partial charge in [0.1, 0.15) is 11.9 Å². The molecule has 0 radical (unpaired) electrons. The molecule has 5 nitrogen and oxygen atoms in total. The Hall–Kier alpha value is -2.51. The summed E-state index contributed by atoms with van der Waals surface area (Å²) < 4.78 is 45.5. The molecule has 0 aliphatic carbocycles. The van der Waals surface area contributed by atoms with Crippen molar-refractivity contribution in [2.75, 3.05) is 32.9 Å². The lowest BCUT2D eigenvalue weighted by molar-refractivity contribution is -0.146. The highest BCUT2D eigenvalue weighted by Crippen LogP contribution is 2.41. The van der Waals surface area contributed by atoms with Gasteiger partial charge in [-0.15, -0.1) is 0 Å². The Bertz CT molecular complexity index is 999. The van der Waals surface area contributed by atoms with E-state index in [1.54, 1.807) is 24.3 Å². The number of piperidine rings is 1. The second-order valence-corrected chi connectivity index (χ2v) is 9.37. The maximum atomic E-state index is 14.0. The Balaban J connectivity index is 1.25. The van der Waals surface area contributed by atoms with E-state index in [-0.39, 0.29) is 35.0 Å². The smallest absolute Gasteiger partial charge is 0.233 e. The number of halogens is 2. The van der Waals surface area contributed by atoms with E-state index in [0.717, 1.165) is 5.56 Å². The largest absolute Gasteiger partial charge is 0.485 e. The molecule has 5 rings (SSSR count). The maximum absolute atomic E-state index is 14.0. The zero-order valence-corrected chi connectivity index (χ0v) is 18.6. The van der Waals surface area contributed by atoms with E-state index in [9.17, 15) is 13.6 Å². The summed E-state index contributed by atoms with van der Waals surface area (Å²) in [5.41, 5.74) is -0.377. The topological polar surface area (TPSA) is 48.0 Å². The molecule has 3 aliphatic rings. The summed E-state index contributed by atoms with van der Waals surface area (Å²) in [4.78, 5) is 15.7. The Morgan fingerprint density at radius 2 is 1.76 bits per heavy atom. The predicted molar refractivity (Wildman–Crippen MR) is 118 cm³/mol. The highest BCUT2D eigenvalue weighted by atomic mass is 19.1. The Morgan fingerprint density at radius 3 is 2.48 bits per heavy atom.